The first-order valence-electron chi connectivity index (χ1n) is 9.01. The van der Waals surface area contributed by atoms with Crippen LogP contribution in [-0.2, 0) is 9.47 Å². The molecule has 0 aliphatic heterocycles. The minimum Gasteiger partial charge on any atom is -0.460 e. The number of hydrogen-bond donors (Lipinski definition) is 2. The molecule has 0 fully saturated rings. The number of aromatic amines is 1. The van der Waals surface area contributed by atoms with Crippen LogP contribution >= 0.6 is 0 Å². The van der Waals surface area contributed by atoms with Gasteiger partial charge in [-0.15, -0.1) is 0 Å². The molecule has 2 aromatic heterocycles. The molecule has 0 spiro atoms. The predicted octanol–water partition coefficient (Wildman–Crippen LogP) is 3.62. The van der Waals surface area contributed by atoms with Gasteiger partial charge in [-0.05, 0) is 49.7 Å². The van der Waals surface area contributed by atoms with Crippen LogP contribution in [0.15, 0.2) is 42.7 Å². The maximum Gasteiger partial charge on any atom is 0.340 e. The Morgan fingerprint density at radius 3 is 2.59 bits per heavy atom. The number of carbonyl (C=O) groups excluding carboxylic acids is 2. The minimum atomic E-state index is -0.561. The number of esters is 1. The molecule has 2 heterocycles. The summed E-state index contributed by atoms with van der Waals surface area (Å²) < 4.78 is 26.1. The second kappa shape index (κ2) is 8.74. The summed E-state index contributed by atoms with van der Waals surface area (Å²) in [4.78, 5) is 27.9. The predicted molar refractivity (Wildman–Crippen MR) is 106 cm³/mol. The van der Waals surface area contributed by atoms with E-state index in [1.165, 1.54) is 19.2 Å². The van der Waals surface area contributed by atoms with Gasteiger partial charge in [0.25, 0.3) is 5.91 Å². The van der Waals surface area contributed by atoms with Crippen LogP contribution in [0.5, 0.6) is 0 Å². The van der Waals surface area contributed by atoms with Gasteiger partial charge in [0.05, 0.1) is 17.9 Å². The zero-order valence-corrected chi connectivity index (χ0v) is 16.4. The summed E-state index contributed by atoms with van der Waals surface area (Å²) in [7, 11) is 1.51. The highest BCUT2D eigenvalue weighted by atomic mass is 19.1. The van der Waals surface area contributed by atoms with Crippen molar-refractivity contribution in [2.24, 2.45) is 0 Å². The third-order valence-electron chi connectivity index (χ3n) is 4.49. The van der Waals surface area contributed by atoms with E-state index in [-0.39, 0.29) is 30.2 Å². The summed E-state index contributed by atoms with van der Waals surface area (Å²) in [5.41, 5.74) is 2.13. The van der Waals surface area contributed by atoms with Crippen LogP contribution in [-0.4, -0.2) is 41.8 Å². The first-order valence-corrected chi connectivity index (χ1v) is 9.01. The number of halogens is 1. The number of ether oxygens (including phenoxy) is 2. The SMILES string of the molecule is COCCOC(=O)c1c(C)[nH]c(C(=O)Nc2cc(-n3cccc3)ccc2F)c1C. The van der Waals surface area contributed by atoms with E-state index in [9.17, 15) is 14.0 Å². The monoisotopic (exact) mass is 399 g/mol. The highest BCUT2D eigenvalue weighted by molar-refractivity contribution is 6.07. The van der Waals surface area contributed by atoms with E-state index in [0.29, 0.717) is 16.9 Å². The normalized spacial score (nSPS) is 10.8. The van der Waals surface area contributed by atoms with Crippen LogP contribution in [0, 0.1) is 19.7 Å². The van der Waals surface area contributed by atoms with Crippen molar-refractivity contribution >= 4 is 17.6 Å². The average Bonchev–Trinajstić information content (AvgIpc) is 3.32. The molecule has 0 radical (unpaired) electrons. The van der Waals surface area contributed by atoms with Gasteiger partial charge in [0.2, 0.25) is 0 Å². The lowest BCUT2D eigenvalue weighted by atomic mass is 10.1. The maximum absolute atomic E-state index is 14.3. The highest BCUT2D eigenvalue weighted by Crippen LogP contribution is 2.23. The Balaban J connectivity index is 1.82. The van der Waals surface area contributed by atoms with Gasteiger partial charge in [0.1, 0.15) is 18.1 Å². The van der Waals surface area contributed by atoms with Gasteiger partial charge in [-0.1, -0.05) is 0 Å². The van der Waals surface area contributed by atoms with Crippen molar-refractivity contribution in [3.05, 3.63) is 71.1 Å². The van der Waals surface area contributed by atoms with Gasteiger partial charge in [-0.3, -0.25) is 4.79 Å². The number of carbonyl (C=O) groups is 2. The number of aryl methyl sites for hydroxylation is 1. The zero-order chi connectivity index (χ0) is 21.0. The van der Waals surface area contributed by atoms with Crippen molar-refractivity contribution in [3.63, 3.8) is 0 Å². The molecule has 1 amide bonds. The third-order valence-corrected chi connectivity index (χ3v) is 4.49. The number of methoxy groups -OCH3 is 1. The number of H-pyrrole nitrogens is 1. The number of hydrogen-bond acceptors (Lipinski definition) is 4. The molecule has 29 heavy (non-hydrogen) atoms. The van der Waals surface area contributed by atoms with Gasteiger partial charge < -0.3 is 24.3 Å². The number of rotatable bonds is 7. The summed E-state index contributed by atoms with van der Waals surface area (Å²) >= 11 is 0. The molecule has 0 aliphatic carbocycles. The van der Waals surface area contributed by atoms with E-state index in [1.54, 1.807) is 24.5 Å². The van der Waals surface area contributed by atoms with Gasteiger partial charge >= 0.3 is 5.97 Å². The van der Waals surface area contributed by atoms with E-state index < -0.39 is 17.7 Å². The maximum atomic E-state index is 14.3. The molecule has 0 atom stereocenters. The van der Waals surface area contributed by atoms with Crippen molar-refractivity contribution in [2.45, 2.75) is 13.8 Å². The van der Waals surface area contributed by atoms with Crippen LogP contribution in [0.25, 0.3) is 5.69 Å². The Labute approximate surface area is 167 Å². The van der Waals surface area contributed by atoms with Crippen LogP contribution in [0.2, 0.25) is 0 Å². The quantitative estimate of drug-likeness (QED) is 0.469. The van der Waals surface area contributed by atoms with Crippen LogP contribution in [0.1, 0.15) is 32.1 Å². The first-order chi connectivity index (χ1) is 13.9. The fourth-order valence-corrected chi connectivity index (χ4v) is 3.03. The number of aromatic nitrogens is 2. The van der Waals surface area contributed by atoms with Crippen molar-refractivity contribution < 1.29 is 23.5 Å². The summed E-state index contributed by atoms with van der Waals surface area (Å²) in [5.74, 6) is -1.66. The fourth-order valence-electron chi connectivity index (χ4n) is 3.03. The minimum absolute atomic E-state index is 0.0390. The molecule has 1 aromatic carbocycles. The van der Waals surface area contributed by atoms with Gasteiger partial charge in [0.15, 0.2) is 0 Å². The van der Waals surface area contributed by atoms with Crippen LogP contribution in [0.3, 0.4) is 0 Å². The lowest BCUT2D eigenvalue weighted by molar-refractivity contribution is 0.0387. The second-order valence-electron chi connectivity index (χ2n) is 6.46. The number of amides is 1. The Hall–Kier alpha value is -3.39. The topological polar surface area (TPSA) is 85.3 Å². The molecule has 0 saturated heterocycles. The van der Waals surface area contributed by atoms with Gasteiger partial charge in [-0.25, -0.2) is 9.18 Å². The van der Waals surface area contributed by atoms with E-state index in [0.717, 1.165) is 0 Å². The molecule has 0 saturated carbocycles. The number of anilines is 1. The molecule has 152 valence electrons. The largest absolute Gasteiger partial charge is 0.460 e. The van der Waals surface area contributed by atoms with E-state index in [1.807, 2.05) is 24.5 Å². The number of nitrogens with one attached hydrogen (secondary N) is 2. The molecule has 2 N–H and O–H groups in total. The molecular weight excluding hydrogens is 377 g/mol. The van der Waals surface area contributed by atoms with Gasteiger partial charge in [0, 0.05) is 30.9 Å². The van der Waals surface area contributed by atoms with Gasteiger partial charge in [-0.2, -0.15) is 0 Å². The first kappa shape index (κ1) is 20.3. The Morgan fingerprint density at radius 1 is 1.17 bits per heavy atom. The smallest absolute Gasteiger partial charge is 0.340 e. The summed E-state index contributed by atoms with van der Waals surface area (Å²) in [6, 6.07) is 8.14. The molecule has 3 rings (SSSR count). The fraction of sp³-hybridized carbons (Fsp3) is 0.238. The zero-order valence-electron chi connectivity index (χ0n) is 16.4. The standard InChI is InChI=1S/C21H22FN3O4/c1-13-18(21(27)29-11-10-28-3)14(2)23-19(13)20(26)24-17-12-15(6-7-16(17)22)25-8-4-5-9-25/h4-9,12,23H,10-11H2,1-3H3,(H,24,26). The lowest BCUT2D eigenvalue weighted by Gasteiger charge is -2.10. The van der Waals surface area contributed by atoms with Crippen molar-refractivity contribution in [1.29, 1.82) is 0 Å². The molecule has 8 heteroatoms. The van der Waals surface area contributed by atoms with E-state index in [2.05, 4.69) is 10.3 Å². The lowest BCUT2D eigenvalue weighted by Crippen LogP contribution is -2.16. The Kier molecular flexibility index (Phi) is 6.13. The number of benzene rings is 1. The molecule has 0 aliphatic rings. The average molecular weight is 399 g/mol. The summed E-state index contributed by atoms with van der Waals surface area (Å²) in [6.45, 7) is 3.69. The highest BCUT2D eigenvalue weighted by Gasteiger charge is 2.23. The summed E-state index contributed by atoms with van der Waals surface area (Å²) in [6.07, 6.45) is 3.64. The summed E-state index contributed by atoms with van der Waals surface area (Å²) in [5, 5.41) is 2.57. The van der Waals surface area contributed by atoms with Crippen molar-refractivity contribution in [2.75, 3.05) is 25.6 Å². The van der Waals surface area contributed by atoms with E-state index in [4.69, 9.17) is 9.47 Å². The van der Waals surface area contributed by atoms with Crippen LogP contribution < -0.4 is 5.32 Å². The molecular formula is C21H22FN3O4. The van der Waals surface area contributed by atoms with Crippen molar-refractivity contribution in [1.82, 2.24) is 9.55 Å². The third kappa shape index (κ3) is 4.38. The van der Waals surface area contributed by atoms with Crippen LogP contribution in [0.4, 0.5) is 10.1 Å². The molecule has 0 unspecified atom stereocenters. The van der Waals surface area contributed by atoms with E-state index >= 15 is 0 Å². The molecule has 3 aromatic rings. The molecule has 7 nitrogen and oxygen atoms in total. The van der Waals surface area contributed by atoms with Crippen molar-refractivity contribution in [3.8, 4) is 5.69 Å². The Bertz CT molecular complexity index is 1020. The second-order valence-corrected chi connectivity index (χ2v) is 6.46. The Morgan fingerprint density at radius 2 is 1.90 bits per heavy atom. The number of nitrogens with zero attached hydrogens (tertiary/aromatic N) is 1. The molecule has 0 bridgehead atoms.